The number of benzene rings is 1. The van der Waals surface area contributed by atoms with Crippen LogP contribution < -0.4 is 4.74 Å². The summed E-state index contributed by atoms with van der Waals surface area (Å²) in [5.74, 6) is 0.845. The normalized spacial score (nSPS) is 10.3. The molecule has 0 saturated carbocycles. The first-order chi connectivity index (χ1) is 6.33. The summed E-state index contributed by atoms with van der Waals surface area (Å²) in [7, 11) is 1.66. The topological polar surface area (TPSA) is 22.1 Å². The molecule has 0 aliphatic carbocycles. The van der Waals surface area contributed by atoms with Crippen LogP contribution in [0.3, 0.4) is 0 Å². The lowest BCUT2D eigenvalue weighted by Gasteiger charge is -2.05. The van der Waals surface area contributed by atoms with E-state index in [0.29, 0.717) is 0 Å². The van der Waals surface area contributed by atoms with E-state index < -0.39 is 0 Å². The van der Waals surface area contributed by atoms with Crippen molar-refractivity contribution in [3.8, 4) is 5.75 Å². The number of pyridine rings is 1. The van der Waals surface area contributed by atoms with Gasteiger partial charge in [-0.05, 0) is 33.4 Å². The van der Waals surface area contributed by atoms with Crippen LogP contribution in [-0.2, 0) is 0 Å². The van der Waals surface area contributed by atoms with Crippen LogP contribution in [0.4, 0.5) is 0 Å². The van der Waals surface area contributed by atoms with Gasteiger partial charge in [-0.2, -0.15) is 0 Å². The van der Waals surface area contributed by atoms with Crippen molar-refractivity contribution in [1.29, 1.82) is 0 Å². The summed E-state index contributed by atoms with van der Waals surface area (Å²) in [6.07, 6.45) is 1.77. The van der Waals surface area contributed by atoms with Crippen molar-refractivity contribution in [3.05, 3.63) is 35.1 Å². The van der Waals surface area contributed by atoms with Gasteiger partial charge in [-0.25, -0.2) is 4.98 Å². The largest absolute Gasteiger partial charge is 0.496 e. The molecule has 1 heterocycles. The Bertz CT molecular complexity index is 437. The number of rotatable bonds is 1. The van der Waals surface area contributed by atoms with Gasteiger partial charge in [-0.3, -0.25) is 0 Å². The minimum absolute atomic E-state index is 0.822. The van der Waals surface area contributed by atoms with Crippen molar-refractivity contribution in [1.82, 2.24) is 4.98 Å². The van der Waals surface area contributed by atoms with Crippen LogP contribution in [0, 0.1) is 0 Å². The number of hydrogen-bond acceptors (Lipinski definition) is 2. The van der Waals surface area contributed by atoms with Gasteiger partial charge in [0.2, 0.25) is 0 Å². The summed E-state index contributed by atoms with van der Waals surface area (Å²) in [6.45, 7) is 0. The third kappa shape index (κ3) is 1.40. The van der Waals surface area contributed by atoms with Gasteiger partial charge in [0.05, 0.1) is 12.5 Å². The zero-order valence-electron chi connectivity index (χ0n) is 7.12. The third-order valence-corrected chi connectivity index (χ3v) is 2.53. The van der Waals surface area contributed by atoms with Gasteiger partial charge in [0.25, 0.3) is 0 Å². The second kappa shape index (κ2) is 3.34. The average Bonchev–Trinajstić information content (AvgIpc) is 2.17. The molecular weight excluding hydrogens is 230 g/mol. The lowest BCUT2D eigenvalue weighted by molar-refractivity contribution is 0.419. The van der Waals surface area contributed by atoms with Gasteiger partial charge >= 0.3 is 0 Å². The molecule has 0 aliphatic heterocycles. The highest BCUT2D eigenvalue weighted by Crippen LogP contribution is 2.30. The molecule has 3 heteroatoms. The summed E-state index contributed by atoms with van der Waals surface area (Å²) < 4.78 is 6.06. The molecule has 0 aliphatic rings. The highest BCUT2D eigenvalue weighted by molar-refractivity contribution is 9.10. The monoisotopic (exact) mass is 237 g/mol. The van der Waals surface area contributed by atoms with Crippen LogP contribution >= 0.6 is 15.9 Å². The van der Waals surface area contributed by atoms with Crippen molar-refractivity contribution < 1.29 is 4.74 Å². The van der Waals surface area contributed by atoms with Gasteiger partial charge in [0, 0.05) is 6.20 Å². The van der Waals surface area contributed by atoms with Crippen LogP contribution in [0.5, 0.6) is 5.75 Å². The van der Waals surface area contributed by atoms with Gasteiger partial charge in [-0.15, -0.1) is 0 Å². The number of hydrogen-bond donors (Lipinski definition) is 0. The zero-order valence-corrected chi connectivity index (χ0v) is 8.71. The minimum atomic E-state index is 0.822. The molecule has 0 unspecified atom stereocenters. The van der Waals surface area contributed by atoms with E-state index in [-0.39, 0.29) is 0 Å². The molecule has 0 amide bonds. The van der Waals surface area contributed by atoms with Crippen molar-refractivity contribution in [2.45, 2.75) is 0 Å². The van der Waals surface area contributed by atoms with Crippen molar-refractivity contribution in [2.75, 3.05) is 7.11 Å². The smallest absolute Gasteiger partial charge is 0.129 e. The van der Waals surface area contributed by atoms with E-state index in [4.69, 9.17) is 4.74 Å². The Morgan fingerprint density at radius 3 is 2.92 bits per heavy atom. The molecule has 0 bridgehead atoms. The fourth-order valence-corrected chi connectivity index (χ4v) is 1.87. The van der Waals surface area contributed by atoms with Gasteiger partial charge in [-0.1, -0.05) is 12.1 Å². The van der Waals surface area contributed by atoms with Crippen LogP contribution in [0.1, 0.15) is 0 Å². The lowest BCUT2D eigenvalue weighted by atomic mass is 10.2. The Morgan fingerprint density at radius 1 is 1.31 bits per heavy atom. The maximum absolute atomic E-state index is 5.24. The summed E-state index contributed by atoms with van der Waals surface area (Å²) >= 11 is 3.40. The number of halogens is 1. The van der Waals surface area contributed by atoms with Crippen molar-refractivity contribution in [3.63, 3.8) is 0 Å². The predicted octanol–water partition coefficient (Wildman–Crippen LogP) is 3.01. The van der Waals surface area contributed by atoms with Crippen LogP contribution in [-0.4, -0.2) is 12.1 Å². The van der Waals surface area contributed by atoms with Crippen LogP contribution in [0.15, 0.2) is 35.1 Å². The quantitative estimate of drug-likeness (QED) is 0.712. The summed E-state index contributed by atoms with van der Waals surface area (Å²) in [5.41, 5.74) is 0. The summed E-state index contributed by atoms with van der Waals surface area (Å²) in [6, 6.07) is 7.88. The number of nitrogens with zero attached hydrogens (tertiary/aromatic N) is 1. The molecule has 0 atom stereocenters. The third-order valence-electron chi connectivity index (χ3n) is 1.93. The second-order valence-corrected chi connectivity index (χ2v) is 3.41. The van der Waals surface area contributed by atoms with E-state index in [1.54, 1.807) is 13.3 Å². The maximum Gasteiger partial charge on any atom is 0.129 e. The van der Waals surface area contributed by atoms with Gasteiger partial charge in [0.15, 0.2) is 0 Å². The highest BCUT2D eigenvalue weighted by Gasteiger charge is 2.04. The Hall–Kier alpha value is -1.09. The first-order valence-electron chi connectivity index (χ1n) is 3.90. The number of ether oxygens (including phenoxy) is 1. The van der Waals surface area contributed by atoms with E-state index >= 15 is 0 Å². The molecule has 0 N–H and O–H groups in total. The molecule has 66 valence electrons. The van der Waals surface area contributed by atoms with E-state index in [0.717, 1.165) is 21.1 Å². The fourth-order valence-electron chi connectivity index (χ4n) is 1.33. The molecule has 1 aromatic carbocycles. The molecule has 1 aromatic heterocycles. The maximum atomic E-state index is 5.24. The van der Waals surface area contributed by atoms with Gasteiger partial charge in [0.1, 0.15) is 10.4 Å². The molecule has 2 aromatic rings. The zero-order chi connectivity index (χ0) is 9.26. The Balaban J connectivity index is 2.87. The van der Waals surface area contributed by atoms with Crippen LogP contribution in [0.2, 0.25) is 0 Å². The Morgan fingerprint density at radius 2 is 2.15 bits per heavy atom. The summed E-state index contributed by atoms with van der Waals surface area (Å²) in [5, 5.41) is 2.15. The Kier molecular flexibility index (Phi) is 2.19. The molecule has 2 nitrogen and oxygen atoms in total. The molecular formula is C10H8BrNO. The van der Waals surface area contributed by atoms with Crippen LogP contribution in [0.25, 0.3) is 10.8 Å². The molecule has 0 spiro atoms. The summed E-state index contributed by atoms with van der Waals surface area (Å²) in [4.78, 5) is 4.15. The highest BCUT2D eigenvalue weighted by atomic mass is 79.9. The standard InChI is InChI=1S/C10H8BrNO/c1-13-8-4-2-3-7-5-6-12-10(11)9(7)8/h2-6H,1H3. The van der Waals surface area contributed by atoms with E-state index in [1.165, 1.54) is 0 Å². The number of methoxy groups -OCH3 is 1. The Labute approximate surface area is 84.7 Å². The van der Waals surface area contributed by atoms with E-state index in [9.17, 15) is 0 Å². The first kappa shape index (κ1) is 8.51. The van der Waals surface area contributed by atoms with E-state index in [2.05, 4.69) is 20.9 Å². The molecule has 13 heavy (non-hydrogen) atoms. The molecule has 2 rings (SSSR count). The molecule has 0 radical (unpaired) electrons. The SMILES string of the molecule is COc1cccc2ccnc(Br)c12. The fraction of sp³-hybridized carbons (Fsp3) is 0.100. The average molecular weight is 238 g/mol. The first-order valence-corrected chi connectivity index (χ1v) is 4.69. The number of aromatic nitrogens is 1. The second-order valence-electron chi connectivity index (χ2n) is 2.66. The molecule has 0 saturated heterocycles. The van der Waals surface area contributed by atoms with Gasteiger partial charge < -0.3 is 4.74 Å². The lowest BCUT2D eigenvalue weighted by Crippen LogP contribution is -1.86. The predicted molar refractivity (Wildman–Crippen MR) is 56.0 cm³/mol. The molecule has 0 fully saturated rings. The van der Waals surface area contributed by atoms with Crippen molar-refractivity contribution >= 4 is 26.7 Å². The van der Waals surface area contributed by atoms with E-state index in [1.807, 2.05) is 24.3 Å². The number of fused-ring (bicyclic) bond motifs is 1. The minimum Gasteiger partial charge on any atom is -0.496 e. The van der Waals surface area contributed by atoms with Crippen molar-refractivity contribution in [2.24, 2.45) is 0 Å².